The second kappa shape index (κ2) is 25.7. The van der Waals surface area contributed by atoms with E-state index in [1.165, 1.54) is 0 Å². The van der Waals surface area contributed by atoms with Gasteiger partial charge in [0.2, 0.25) is 0 Å². The van der Waals surface area contributed by atoms with Crippen LogP contribution in [-0.4, -0.2) is 107 Å². The smallest absolute Gasteiger partial charge is 0.407 e. The number of ether oxygens (including phenoxy) is 7. The fourth-order valence-corrected chi connectivity index (χ4v) is 6.63. The van der Waals surface area contributed by atoms with E-state index >= 15 is 0 Å². The van der Waals surface area contributed by atoms with Crippen LogP contribution in [0.3, 0.4) is 0 Å². The number of hydrogen-bond acceptors (Lipinski definition) is 15. The number of esters is 6. The summed E-state index contributed by atoms with van der Waals surface area (Å²) >= 11 is 0. The van der Waals surface area contributed by atoms with Crippen LogP contribution in [-0.2, 0) is 61.9 Å². The van der Waals surface area contributed by atoms with Gasteiger partial charge in [0.05, 0.1) is 5.41 Å². The average molecular weight is 815 g/mol. The molecule has 2 N–H and O–H groups in total. The van der Waals surface area contributed by atoms with E-state index in [-0.39, 0.29) is 38.4 Å². The number of amides is 1. The van der Waals surface area contributed by atoms with E-state index in [1.807, 2.05) is 0 Å². The van der Waals surface area contributed by atoms with E-state index < -0.39 is 79.2 Å². The molecule has 0 aromatic heterocycles. The molecule has 0 bridgehead atoms. The molecule has 58 heavy (non-hydrogen) atoms. The Morgan fingerprint density at radius 3 is 1.05 bits per heavy atom. The zero-order chi connectivity index (χ0) is 43.0. The molecule has 0 aliphatic heterocycles. The number of carbonyl (C=O) groups excluding carboxylic acids is 7. The summed E-state index contributed by atoms with van der Waals surface area (Å²) < 4.78 is 37.0. The third kappa shape index (κ3) is 18.2. The Hall–Kier alpha value is -5.51. The molecule has 2 saturated carbocycles. The highest BCUT2D eigenvalue weighted by molar-refractivity contribution is 5.83. The van der Waals surface area contributed by atoms with Crippen LogP contribution < -0.4 is 10.6 Å². The van der Waals surface area contributed by atoms with Gasteiger partial charge in [0.15, 0.2) is 0 Å². The molecule has 0 aromatic rings. The van der Waals surface area contributed by atoms with Crippen LogP contribution in [0.1, 0.15) is 57.8 Å². The van der Waals surface area contributed by atoms with Gasteiger partial charge in [-0.2, -0.15) is 0 Å². The lowest BCUT2D eigenvalue weighted by Crippen LogP contribution is -2.49. The van der Waals surface area contributed by atoms with Crippen LogP contribution >= 0.6 is 0 Å². The van der Waals surface area contributed by atoms with Gasteiger partial charge in [-0.3, -0.25) is 0 Å². The van der Waals surface area contributed by atoms with Gasteiger partial charge >= 0.3 is 41.9 Å². The van der Waals surface area contributed by atoms with Crippen LogP contribution in [0.15, 0.2) is 75.9 Å². The fraction of sp³-hybridized carbons (Fsp3) is 0.548. The average Bonchev–Trinajstić information content (AvgIpc) is 3.25. The maximum Gasteiger partial charge on any atom is 0.407 e. The van der Waals surface area contributed by atoms with E-state index in [0.29, 0.717) is 11.8 Å². The Labute approximate surface area is 340 Å². The Morgan fingerprint density at radius 1 is 0.431 bits per heavy atom. The molecule has 0 aromatic carbocycles. The summed E-state index contributed by atoms with van der Waals surface area (Å²) in [6.45, 7) is 18.3. The molecule has 16 nitrogen and oxygen atoms in total. The molecular weight excluding hydrogens is 756 g/mol. The minimum absolute atomic E-state index is 0.128. The van der Waals surface area contributed by atoms with Crippen LogP contribution in [0.4, 0.5) is 4.79 Å². The van der Waals surface area contributed by atoms with Crippen LogP contribution in [0.25, 0.3) is 0 Å². The monoisotopic (exact) mass is 814 g/mol. The van der Waals surface area contributed by atoms with Crippen molar-refractivity contribution in [2.75, 3.05) is 52.8 Å². The maximum absolute atomic E-state index is 12.9. The Bertz CT molecular complexity index is 1370. The highest BCUT2D eigenvalue weighted by atomic mass is 16.6. The van der Waals surface area contributed by atoms with Gasteiger partial charge in [0.25, 0.3) is 0 Å². The first-order chi connectivity index (χ1) is 27.7. The summed E-state index contributed by atoms with van der Waals surface area (Å²) in [4.78, 5) is 84.3. The van der Waals surface area contributed by atoms with Crippen LogP contribution in [0.5, 0.6) is 0 Å². The quantitative estimate of drug-likeness (QED) is 0.0714. The van der Waals surface area contributed by atoms with Gasteiger partial charge < -0.3 is 43.8 Å². The van der Waals surface area contributed by atoms with Crippen LogP contribution in [0, 0.1) is 22.7 Å². The number of carbonyl (C=O) groups is 7. The van der Waals surface area contributed by atoms with Crippen molar-refractivity contribution in [2.24, 2.45) is 22.7 Å². The molecule has 16 heteroatoms. The highest BCUT2D eigenvalue weighted by Crippen LogP contribution is 2.36. The van der Waals surface area contributed by atoms with Gasteiger partial charge in [-0.15, -0.1) is 0 Å². The zero-order valence-electron chi connectivity index (χ0n) is 33.3. The lowest BCUT2D eigenvalue weighted by Gasteiger charge is -2.37. The first-order valence-corrected chi connectivity index (χ1v) is 19.2. The number of alkyl carbamates (subject to hydrolysis) is 1. The molecule has 2 rings (SSSR count). The third-order valence-corrected chi connectivity index (χ3v) is 10.1. The summed E-state index contributed by atoms with van der Waals surface area (Å²) in [6.07, 6.45) is 13.3. The first kappa shape index (κ1) is 48.6. The van der Waals surface area contributed by atoms with E-state index in [1.54, 1.807) is 0 Å². The maximum atomic E-state index is 12.9. The van der Waals surface area contributed by atoms with E-state index in [9.17, 15) is 33.6 Å². The third-order valence-electron chi connectivity index (χ3n) is 10.1. The minimum Gasteiger partial charge on any atom is -0.462 e. The fourth-order valence-electron chi connectivity index (χ4n) is 6.63. The summed E-state index contributed by atoms with van der Waals surface area (Å²) in [6, 6.07) is 0.00846. The van der Waals surface area contributed by atoms with Crippen molar-refractivity contribution in [3.8, 4) is 0 Å². The number of nitrogens with one attached hydrogen (secondary N) is 2. The van der Waals surface area contributed by atoms with Gasteiger partial charge in [-0.1, -0.05) is 39.5 Å². The molecule has 0 radical (unpaired) electrons. The molecule has 2 aliphatic rings. The molecule has 0 atom stereocenters. The second-order valence-electron chi connectivity index (χ2n) is 14.6. The van der Waals surface area contributed by atoms with Crippen LogP contribution in [0.2, 0.25) is 0 Å². The Balaban J connectivity index is 1.91. The van der Waals surface area contributed by atoms with E-state index in [0.717, 1.165) is 94.2 Å². The number of rotatable bonds is 26. The van der Waals surface area contributed by atoms with Gasteiger partial charge in [0, 0.05) is 55.1 Å². The van der Waals surface area contributed by atoms with Crippen molar-refractivity contribution in [1.29, 1.82) is 0 Å². The SMILES string of the molecule is C=CC(=O)OCC(CNC1CCC(CC2CCC(NC(=O)OCC(COC(=O)C=C)(COC(=O)C=C)COC(=O)C=C)CC2)CC1)(COC(=O)C=C)COC(=O)C=C. The van der Waals surface area contributed by atoms with Gasteiger partial charge in [-0.05, 0) is 69.6 Å². The highest BCUT2D eigenvalue weighted by Gasteiger charge is 2.39. The molecule has 0 heterocycles. The Morgan fingerprint density at radius 2 is 0.724 bits per heavy atom. The zero-order valence-corrected chi connectivity index (χ0v) is 33.3. The van der Waals surface area contributed by atoms with Gasteiger partial charge in [-0.25, -0.2) is 33.6 Å². The molecule has 0 saturated heterocycles. The largest absolute Gasteiger partial charge is 0.462 e. The molecule has 320 valence electrons. The molecule has 2 aliphatic carbocycles. The van der Waals surface area contributed by atoms with Gasteiger partial charge in [0.1, 0.15) is 51.7 Å². The lowest BCUT2D eigenvalue weighted by atomic mass is 9.75. The van der Waals surface area contributed by atoms with Crippen molar-refractivity contribution >= 4 is 41.9 Å². The topological polar surface area (TPSA) is 208 Å². The number of hydrogen-bond donors (Lipinski definition) is 2. The predicted molar refractivity (Wildman–Crippen MR) is 210 cm³/mol. The van der Waals surface area contributed by atoms with Crippen molar-refractivity contribution in [3.05, 3.63) is 75.9 Å². The van der Waals surface area contributed by atoms with Crippen molar-refractivity contribution in [2.45, 2.75) is 69.9 Å². The van der Waals surface area contributed by atoms with Crippen molar-refractivity contribution in [3.63, 3.8) is 0 Å². The molecule has 1 amide bonds. The summed E-state index contributed by atoms with van der Waals surface area (Å²) in [7, 11) is 0. The molecule has 2 fully saturated rings. The van der Waals surface area contributed by atoms with Crippen molar-refractivity contribution < 1.29 is 66.7 Å². The molecule has 0 unspecified atom stereocenters. The summed E-state index contributed by atoms with van der Waals surface area (Å²) in [5.74, 6) is -3.34. The van der Waals surface area contributed by atoms with E-state index in [2.05, 4.69) is 50.1 Å². The lowest BCUT2D eigenvalue weighted by molar-refractivity contribution is -0.160. The predicted octanol–water partition coefficient (Wildman–Crippen LogP) is 4.16. The molecule has 0 spiro atoms. The van der Waals surface area contributed by atoms with Crippen molar-refractivity contribution in [1.82, 2.24) is 10.6 Å². The first-order valence-electron chi connectivity index (χ1n) is 19.2. The summed E-state index contributed by atoms with van der Waals surface area (Å²) in [5, 5.41) is 6.41. The minimum atomic E-state index is -1.43. The normalized spacial score (nSPS) is 19.0. The molecular formula is C42H58N2O14. The second-order valence-corrected chi connectivity index (χ2v) is 14.6. The van der Waals surface area contributed by atoms with E-state index in [4.69, 9.17) is 33.2 Å². The standard InChI is InChI=1S/C42H58N2O14/c1-7-34(45)52-23-41(24-53-35(46)8-2,25-54-36(47)9-3)22-43-32-17-13-30(14-18-32)21-31-15-19-33(20-16-31)44-40(51)58-29-42(26-55-37(48)10-4,27-56-38(49)11-5)28-57-39(50)12-6/h7-12,30-33,43H,1-6,13-29H2,(H,44,51). The Kier molecular flexibility index (Phi) is 21.5. The summed E-state index contributed by atoms with van der Waals surface area (Å²) in [5.41, 5.74) is -2.50.